The van der Waals surface area contributed by atoms with Gasteiger partial charge in [-0.25, -0.2) is 9.98 Å². The Morgan fingerprint density at radius 2 is 2.00 bits per heavy atom. The Labute approximate surface area is 183 Å². The molecule has 0 bridgehead atoms. The Morgan fingerprint density at radius 3 is 2.64 bits per heavy atom. The van der Waals surface area contributed by atoms with Crippen LogP contribution in [0.4, 0.5) is 13.2 Å². The molecule has 0 aliphatic rings. The van der Waals surface area contributed by atoms with Crippen molar-refractivity contribution >= 4 is 41.3 Å². The number of benzene rings is 1. The highest BCUT2D eigenvalue weighted by atomic mass is 127. The minimum atomic E-state index is -4.32. The number of halogens is 4. The lowest BCUT2D eigenvalue weighted by Gasteiger charge is -2.11. The second kappa shape index (κ2) is 12.2. The molecule has 0 spiro atoms. The van der Waals surface area contributed by atoms with Crippen LogP contribution >= 0.6 is 35.3 Å². The molecule has 0 aliphatic carbocycles. The molecule has 0 saturated carbocycles. The van der Waals surface area contributed by atoms with Gasteiger partial charge >= 0.3 is 6.18 Å². The van der Waals surface area contributed by atoms with Crippen LogP contribution in [0, 0.1) is 6.92 Å². The number of aliphatic imine (C=N–C) groups is 1. The first-order valence-corrected chi connectivity index (χ1v) is 9.33. The number of thiazole rings is 1. The predicted octanol–water partition coefficient (Wildman–Crippen LogP) is 4.40. The highest BCUT2D eigenvalue weighted by molar-refractivity contribution is 14.0. The van der Waals surface area contributed by atoms with Crippen LogP contribution in [0.3, 0.4) is 0 Å². The molecule has 0 fully saturated rings. The number of ether oxygens (including phenoxy) is 1. The number of rotatable bonds is 8. The molecule has 1 heterocycles. The molecule has 0 amide bonds. The van der Waals surface area contributed by atoms with Gasteiger partial charge in [-0.05, 0) is 25.0 Å². The van der Waals surface area contributed by atoms with E-state index in [0.29, 0.717) is 31.2 Å². The zero-order valence-corrected chi connectivity index (χ0v) is 18.8. The van der Waals surface area contributed by atoms with Crippen molar-refractivity contribution in [2.45, 2.75) is 39.7 Å². The SMILES string of the molecule is CCNC(=NCc1cccc(COCC(F)(F)F)c1)NCc1ncc(C)s1.I. The average Bonchev–Trinajstić information content (AvgIpc) is 3.02. The molecule has 0 aliphatic heterocycles. The third-order valence-corrected chi connectivity index (χ3v) is 4.28. The summed E-state index contributed by atoms with van der Waals surface area (Å²) in [5, 5.41) is 7.36. The van der Waals surface area contributed by atoms with Crippen molar-refractivity contribution in [2.75, 3.05) is 13.2 Å². The van der Waals surface area contributed by atoms with Gasteiger partial charge in [0.05, 0.1) is 19.7 Å². The summed E-state index contributed by atoms with van der Waals surface area (Å²) >= 11 is 1.62. The van der Waals surface area contributed by atoms with E-state index in [1.165, 1.54) is 0 Å². The predicted molar refractivity (Wildman–Crippen MR) is 116 cm³/mol. The van der Waals surface area contributed by atoms with E-state index in [1.54, 1.807) is 29.5 Å². The largest absolute Gasteiger partial charge is 0.411 e. The van der Waals surface area contributed by atoms with Gasteiger partial charge in [0.25, 0.3) is 0 Å². The monoisotopic (exact) mass is 528 g/mol. The fraction of sp³-hybridized carbons (Fsp3) is 0.444. The molecule has 1 aromatic heterocycles. The molecule has 0 radical (unpaired) electrons. The molecule has 2 aromatic rings. The molecule has 2 N–H and O–H groups in total. The lowest BCUT2D eigenvalue weighted by atomic mass is 10.1. The number of aryl methyl sites for hydroxylation is 1. The fourth-order valence-electron chi connectivity index (χ4n) is 2.26. The zero-order valence-electron chi connectivity index (χ0n) is 15.7. The molecule has 2 rings (SSSR count). The summed E-state index contributed by atoms with van der Waals surface area (Å²) in [5.74, 6) is 0.657. The lowest BCUT2D eigenvalue weighted by molar-refractivity contribution is -0.176. The maximum Gasteiger partial charge on any atom is 0.411 e. The topological polar surface area (TPSA) is 58.5 Å². The van der Waals surface area contributed by atoms with Crippen LogP contribution in [-0.4, -0.2) is 30.3 Å². The van der Waals surface area contributed by atoms with E-state index in [4.69, 9.17) is 4.74 Å². The minimum absolute atomic E-state index is 0. The lowest BCUT2D eigenvalue weighted by Crippen LogP contribution is -2.36. The van der Waals surface area contributed by atoms with Crippen molar-refractivity contribution in [3.05, 3.63) is 51.5 Å². The summed E-state index contributed by atoms with van der Waals surface area (Å²) in [4.78, 5) is 9.97. The maximum atomic E-state index is 12.2. The number of guanidine groups is 1. The van der Waals surface area contributed by atoms with E-state index in [-0.39, 0.29) is 30.6 Å². The average molecular weight is 528 g/mol. The fourth-order valence-corrected chi connectivity index (χ4v) is 2.98. The van der Waals surface area contributed by atoms with Crippen LogP contribution in [0.2, 0.25) is 0 Å². The highest BCUT2D eigenvalue weighted by Gasteiger charge is 2.27. The van der Waals surface area contributed by atoms with Gasteiger partial charge in [-0.3, -0.25) is 0 Å². The van der Waals surface area contributed by atoms with Crippen molar-refractivity contribution in [1.29, 1.82) is 0 Å². The number of alkyl halides is 3. The molecule has 0 atom stereocenters. The Balaban J connectivity index is 0.00000392. The number of nitrogens with one attached hydrogen (secondary N) is 2. The minimum Gasteiger partial charge on any atom is -0.367 e. The normalized spacial score (nSPS) is 11.8. The highest BCUT2D eigenvalue weighted by Crippen LogP contribution is 2.16. The molecule has 5 nitrogen and oxygen atoms in total. The van der Waals surface area contributed by atoms with Crippen LogP contribution in [-0.2, 0) is 24.4 Å². The summed E-state index contributed by atoms with van der Waals surface area (Å²) in [6.07, 6.45) is -2.48. The van der Waals surface area contributed by atoms with Gasteiger partial charge in [-0.2, -0.15) is 13.2 Å². The Hall–Kier alpha value is -1.40. The Morgan fingerprint density at radius 1 is 1.25 bits per heavy atom. The van der Waals surface area contributed by atoms with Crippen LogP contribution in [0.1, 0.15) is 27.9 Å². The van der Waals surface area contributed by atoms with Crippen LogP contribution in [0.25, 0.3) is 0 Å². The Kier molecular flexibility index (Phi) is 10.8. The number of aromatic nitrogens is 1. The first-order chi connectivity index (χ1) is 12.9. The molecular weight excluding hydrogens is 504 g/mol. The number of hydrogen-bond donors (Lipinski definition) is 2. The van der Waals surface area contributed by atoms with E-state index in [1.807, 2.05) is 26.1 Å². The van der Waals surface area contributed by atoms with Gasteiger partial charge < -0.3 is 15.4 Å². The quantitative estimate of drug-likeness (QED) is 0.303. The van der Waals surface area contributed by atoms with Gasteiger partial charge in [0, 0.05) is 17.6 Å². The van der Waals surface area contributed by atoms with E-state index in [9.17, 15) is 13.2 Å². The summed E-state index contributed by atoms with van der Waals surface area (Å²) < 4.78 is 41.2. The van der Waals surface area contributed by atoms with Crippen molar-refractivity contribution in [2.24, 2.45) is 4.99 Å². The first-order valence-electron chi connectivity index (χ1n) is 8.51. The summed E-state index contributed by atoms with van der Waals surface area (Å²) in [5.41, 5.74) is 1.58. The smallest absolute Gasteiger partial charge is 0.367 e. The van der Waals surface area contributed by atoms with Gasteiger partial charge in [0.1, 0.15) is 11.6 Å². The van der Waals surface area contributed by atoms with E-state index in [2.05, 4.69) is 20.6 Å². The molecular formula is C18H24F3IN4OS. The van der Waals surface area contributed by atoms with E-state index < -0.39 is 12.8 Å². The molecule has 0 unspecified atom stereocenters. The van der Waals surface area contributed by atoms with Gasteiger partial charge in [-0.1, -0.05) is 24.3 Å². The number of hydrogen-bond acceptors (Lipinski definition) is 4. The molecule has 10 heteroatoms. The third kappa shape index (κ3) is 9.69. The molecule has 28 heavy (non-hydrogen) atoms. The van der Waals surface area contributed by atoms with Crippen molar-refractivity contribution in [1.82, 2.24) is 15.6 Å². The number of nitrogens with zero attached hydrogens (tertiary/aromatic N) is 2. The van der Waals surface area contributed by atoms with Crippen LogP contribution < -0.4 is 10.6 Å². The zero-order chi connectivity index (χ0) is 19.7. The van der Waals surface area contributed by atoms with E-state index >= 15 is 0 Å². The summed E-state index contributed by atoms with van der Waals surface area (Å²) in [6.45, 7) is 4.34. The van der Waals surface area contributed by atoms with Crippen molar-refractivity contribution in [3.63, 3.8) is 0 Å². The van der Waals surface area contributed by atoms with Crippen molar-refractivity contribution < 1.29 is 17.9 Å². The van der Waals surface area contributed by atoms with Gasteiger partial charge in [0.2, 0.25) is 0 Å². The Bertz CT molecular complexity index is 752. The molecule has 1 aromatic carbocycles. The molecule has 0 saturated heterocycles. The summed E-state index contributed by atoms with van der Waals surface area (Å²) in [7, 11) is 0. The van der Waals surface area contributed by atoms with E-state index in [0.717, 1.165) is 15.4 Å². The second-order valence-corrected chi connectivity index (χ2v) is 7.16. The third-order valence-electron chi connectivity index (χ3n) is 3.37. The molecule has 156 valence electrons. The standard InChI is InChI=1S/C18H23F3N4OS.HI/c1-3-22-17(25-10-16-23-8-13(2)27-16)24-9-14-5-4-6-15(7-14)11-26-12-18(19,20)21;/h4-8H,3,9-12H2,1-2H3,(H2,22,24,25);1H. The van der Waals surface area contributed by atoms with Crippen molar-refractivity contribution in [3.8, 4) is 0 Å². The first kappa shape index (κ1) is 24.6. The van der Waals surface area contributed by atoms with Crippen LogP contribution in [0.15, 0.2) is 35.5 Å². The van der Waals surface area contributed by atoms with Crippen LogP contribution in [0.5, 0.6) is 0 Å². The maximum absolute atomic E-state index is 12.2. The van der Waals surface area contributed by atoms with Gasteiger partial charge in [0.15, 0.2) is 5.96 Å². The summed E-state index contributed by atoms with van der Waals surface area (Å²) in [6, 6.07) is 7.20. The van der Waals surface area contributed by atoms with Gasteiger partial charge in [-0.15, -0.1) is 35.3 Å². The second-order valence-electron chi connectivity index (χ2n) is 5.84.